The van der Waals surface area contributed by atoms with Crippen molar-refractivity contribution < 1.29 is 22.3 Å². The van der Waals surface area contributed by atoms with E-state index in [1.54, 1.807) is 0 Å². The smallest absolute Gasteiger partial charge is 0.406 e. The van der Waals surface area contributed by atoms with Crippen LogP contribution in [0.1, 0.15) is 51.6 Å². The zero-order valence-electron chi connectivity index (χ0n) is 18.6. The van der Waals surface area contributed by atoms with Gasteiger partial charge in [-0.2, -0.15) is 0 Å². The van der Waals surface area contributed by atoms with Crippen molar-refractivity contribution in [3.63, 3.8) is 0 Å². The first kappa shape index (κ1) is 22.4. The number of halogens is 4. The van der Waals surface area contributed by atoms with Gasteiger partial charge in [0.05, 0.1) is 5.52 Å². The molecule has 1 aliphatic rings. The van der Waals surface area contributed by atoms with E-state index >= 15 is 0 Å². The molecule has 0 bridgehead atoms. The number of benzene rings is 2. The number of hydrogen-bond donors (Lipinski definition) is 1. The molecule has 1 N–H and O–H groups in total. The molecule has 1 saturated carbocycles. The maximum atomic E-state index is 14.8. The number of rotatable bonds is 4. The summed E-state index contributed by atoms with van der Waals surface area (Å²) in [4.78, 5) is 4.54. The Morgan fingerprint density at radius 1 is 1.12 bits per heavy atom. The Labute approximate surface area is 184 Å². The molecule has 1 fully saturated rings. The minimum Gasteiger partial charge on any atom is -0.406 e. The van der Waals surface area contributed by atoms with Gasteiger partial charge in [-0.15, -0.1) is 13.2 Å². The summed E-state index contributed by atoms with van der Waals surface area (Å²) < 4.78 is 58.1. The Balaban J connectivity index is 1.74. The monoisotopic (exact) mass is 449 g/mol. The number of ether oxygens (including phenoxy) is 1. The van der Waals surface area contributed by atoms with E-state index in [-0.39, 0.29) is 28.5 Å². The van der Waals surface area contributed by atoms with E-state index in [0.29, 0.717) is 17.6 Å². The van der Waals surface area contributed by atoms with Crippen LogP contribution in [-0.4, -0.2) is 15.9 Å². The second-order valence-corrected chi connectivity index (χ2v) is 9.68. The molecule has 32 heavy (non-hydrogen) atoms. The summed E-state index contributed by atoms with van der Waals surface area (Å²) in [6.45, 7) is 8.56. The molecule has 0 aliphatic heterocycles. The van der Waals surface area contributed by atoms with Crippen molar-refractivity contribution in [2.75, 3.05) is 5.32 Å². The van der Waals surface area contributed by atoms with Gasteiger partial charge < -0.3 is 14.6 Å². The molecule has 8 heteroatoms. The predicted octanol–water partition coefficient (Wildman–Crippen LogP) is 7.51. The number of nitrogens with zero attached hydrogens (tertiary/aromatic N) is 2. The third kappa shape index (κ3) is 4.84. The Morgan fingerprint density at radius 2 is 1.81 bits per heavy atom. The summed E-state index contributed by atoms with van der Waals surface area (Å²) in [5, 5.41) is 3.19. The molecule has 4 nitrogen and oxygen atoms in total. The van der Waals surface area contributed by atoms with Crippen LogP contribution in [0.25, 0.3) is 11.0 Å². The van der Waals surface area contributed by atoms with Crippen LogP contribution in [0.15, 0.2) is 36.4 Å². The normalized spacial score (nSPS) is 21.0. The van der Waals surface area contributed by atoms with E-state index < -0.39 is 6.36 Å². The summed E-state index contributed by atoms with van der Waals surface area (Å²) in [5.41, 5.74) is 2.48. The van der Waals surface area contributed by atoms with E-state index in [1.807, 2.05) is 13.0 Å². The second-order valence-electron chi connectivity index (χ2n) is 9.68. The number of alkyl halides is 3. The summed E-state index contributed by atoms with van der Waals surface area (Å²) in [6.07, 6.45) is -1.77. The lowest BCUT2D eigenvalue weighted by atomic mass is 9.70. The zero-order chi connectivity index (χ0) is 23.3. The number of imidazole rings is 1. The van der Waals surface area contributed by atoms with Gasteiger partial charge in [0.15, 0.2) is 5.82 Å². The average molecular weight is 449 g/mol. The van der Waals surface area contributed by atoms with Crippen molar-refractivity contribution in [1.82, 2.24) is 9.55 Å². The van der Waals surface area contributed by atoms with Gasteiger partial charge in [0, 0.05) is 11.7 Å². The first-order valence-corrected chi connectivity index (χ1v) is 10.7. The van der Waals surface area contributed by atoms with Crippen LogP contribution in [0.4, 0.5) is 29.2 Å². The highest BCUT2D eigenvalue weighted by Crippen LogP contribution is 2.46. The van der Waals surface area contributed by atoms with Crippen molar-refractivity contribution in [3.05, 3.63) is 47.8 Å². The van der Waals surface area contributed by atoms with Gasteiger partial charge in [0.1, 0.15) is 11.3 Å². The number of fused-ring (bicyclic) bond motifs is 1. The number of anilines is 2. The van der Waals surface area contributed by atoms with Crippen molar-refractivity contribution in [1.29, 1.82) is 0 Å². The highest BCUT2D eigenvalue weighted by molar-refractivity contribution is 5.81. The fourth-order valence-corrected chi connectivity index (χ4v) is 5.10. The van der Waals surface area contributed by atoms with E-state index in [1.165, 1.54) is 30.3 Å². The molecule has 1 heterocycles. The van der Waals surface area contributed by atoms with Gasteiger partial charge in [0.2, 0.25) is 5.95 Å². The third-order valence-corrected chi connectivity index (χ3v) is 5.97. The number of nitrogens with one attached hydrogen (secondary N) is 1. The van der Waals surface area contributed by atoms with Crippen LogP contribution in [0.3, 0.4) is 0 Å². The summed E-state index contributed by atoms with van der Waals surface area (Å²) in [5.74, 6) is 0.284. The molecule has 0 spiro atoms. The van der Waals surface area contributed by atoms with Crippen LogP contribution in [0, 0.1) is 24.1 Å². The highest BCUT2D eigenvalue weighted by atomic mass is 19.4. The lowest BCUT2D eigenvalue weighted by Gasteiger charge is -2.40. The van der Waals surface area contributed by atoms with Gasteiger partial charge in [-0.1, -0.05) is 20.8 Å². The van der Waals surface area contributed by atoms with Gasteiger partial charge >= 0.3 is 6.36 Å². The third-order valence-electron chi connectivity index (χ3n) is 5.97. The van der Waals surface area contributed by atoms with E-state index in [9.17, 15) is 17.6 Å². The first-order valence-electron chi connectivity index (χ1n) is 10.7. The average Bonchev–Trinajstić information content (AvgIpc) is 2.98. The maximum absolute atomic E-state index is 14.8. The van der Waals surface area contributed by atoms with Crippen molar-refractivity contribution in [2.45, 2.75) is 59.4 Å². The van der Waals surface area contributed by atoms with Crippen molar-refractivity contribution in [3.8, 4) is 5.75 Å². The van der Waals surface area contributed by atoms with Crippen molar-refractivity contribution >= 4 is 22.7 Å². The second kappa shape index (κ2) is 7.98. The summed E-state index contributed by atoms with van der Waals surface area (Å²) in [7, 11) is 0. The molecule has 0 radical (unpaired) electrons. The molecule has 3 aromatic rings. The van der Waals surface area contributed by atoms with Crippen LogP contribution in [-0.2, 0) is 0 Å². The number of aromatic nitrogens is 2. The molecule has 2 unspecified atom stereocenters. The quantitative estimate of drug-likeness (QED) is 0.419. The topological polar surface area (TPSA) is 39.1 Å². The maximum Gasteiger partial charge on any atom is 0.573 e. The molecular weight excluding hydrogens is 422 g/mol. The lowest BCUT2D eigenvalue weighted by Crippen LogP contribution is -2.29. The van der Waals surface area contributed by atoms with E-state index in [2.05, 4.69) is 40.4 Å². The molecule has 0 saturated heterocycles. The Kier molecular flexibility index (Phi) is 5.59. The molecule has 4 rings (SSSR count). The lowest BCUT2D eigenvalue weighted by molar-refractivity contribution is -0.274. The number of aryl methyl sites for hydroxylation is 1. The number of hydrogen-bond acceptors (Lipinski definition) is 3. The van der Waals surface area contributed by atoms with Crippen LogP contribution in [0.2, 0.25) is 0 Å². The minimum absolute atomic E-state index is 0.121. The van der Waals surface area contributed by atoms with E-state index in [4.69, 9.17) is 0 Å². The molecular formula is C24H27F4N3O. The Morgan fingerprint density at radius 3 is 2.44 bits per heavy atom. The molecule has 2 aromatic carbocycles. The molecule has 1 aromatic heterocycles. The molecule has 2 atom stereocenters. The Hall–Kier alpha value is -2.77. The van der Waals surface area contributed by atoms with Gasteiger partial charge in [-0.3, -0.25) is 0 Å². The van der Waals surface area contributed by atoms with Gasteiger partial charge in [-0.25, -0.2) is 9.37 Å². The standard InChI is InChI=1S/C24H27F4N3O/c1-14-10-19(25)21-20(11-14)31(17-9-15(2)12-23(3,4)13-17)22(30-21)29-16-5-7-18(8-6-16)32-24(26,27)28/h5-8,10-11,15,17H,9,12-13H2,1-4H3,(H,29,30). The molecule has 1 aliphatic carbocycles. The van der Waals surface area contributed by atoms with Crippen LogP contribution >= 0.6 is 0 Å². The minimum atomic E-state index is -4.75. The van der Waals surface area contributed by atoms with Crippen LogP contribution < -0.4 is 10.1 Å². The SMILES string of the molecule is Cc1cc(F)c2nc(Nc3ccc(OC(F)(F)F)cc3)n(C3CC(C)CC(C)(C)C3)c2c1. The van der Waals surface area contributed by atoms with Gasteiger partial charge in [-0.05, 0) is 79.5 Å². The summed E-state index contributed by atoms with van der Waals surface area (Å²) >= 11 is 0. The highest BCUT2D eigenvalue weighted by Gasteiger charge is 2.35. The Bertz CT molecular complexity index is 1120. The first-order chi connectivity index (χ1) is 14.9. The van der Waals surface area contributed by atoms with E-state index in [0.717, 1.165) is 30.3 Å². The zero-order valence-corrected chi connectivity index (χ0v) is 18.6. The molecule has 0 amide bonds. The summed E-state index contributed by atoms with van der Waals surface area (Å²) in [6, 6.07) is 8.96. The predicted molar refractivity (Wildman–Crippen MR) is 117 cm³/mol. The fourth-order valence-electron chi connectivity index (χ4n) is 5.10. The van der Waals surface area contributed by atoms with Gasteiger partial charge in [0.25, 0.3) is 0 Å². The largest absolute Gasteiger partial charge is 0.573 e. The van der Waals surface area contributed by atoms with Crippen molar-refractivity contribution in [2.24, 2.45) is 11.3 Å². The fraction of sp³-hybridized carbons (Fsp3) is 0.458. The molecule has 172 valence electrons. The van der Waals surface area contributed by atoms with Crippen LogP contribution in [0.5, 0.6) is 5.75 Å².